The van der Waals surface area contributed by atoms with E-state index in [1.807, 2.05) is 9.80 Å². The molecule has 0 bridgehead atoms. The predicted molar refractivity (Wildman–Crippen MR) is 159 cm³/mol. The summed E-state index contributed by atoms with van der Waals surface area (Å²) in [7, 11) is 0. The van der Waals surface area contributed by atoms with Gasteiger partial charge in [-0.15, -0.1) is 0 Å². The smallest absolute Gasteiger partial charge is 0.269 e. The van der Waals surface area contributed by atoms with Crippen LogP contribution in [0.5, 0.6) is 0 Å². The first-order valence-electron chi connectivity index (χ1n) is 12.8. The molecule has 1 aliphatic rings. The van der Waals surface area contributed by atoms with Crippen LogP contribution in [0.1, 0.15) is 31.1 Å². The van der Waals surface area contributed by atoms with Crippen molar-refractivity contribution in [3.8, 4) is 0 Å². The van der Waals surface area contributed by atoms with E-state index < -0.39 is 14.8 Å². The molecule has 0 aromatic heterocycles. The summed E-state index contributed by atoms with van der Waals surface area (Å²) in [6, 6.07) is 16.6. The van der Waals surface area contributed by atoms with Crippen LogP contribution in [0.15, 0.2) is 72.8 Å². The zero-order chi connectivity index (χ0) is 31.5. The van der Waals surface area contributed by atoms with Crippen molar-refractivity contribution in [1.29, 1.82) is 0 Å². The van der Waals surface area contributed by atoms with Crippen molar-refractivity contribution < 1.29 is 29.2 Å². The number of piperazine rings is 1. The summed E-state index contributed by atoms with van der Waals surface area (Å²) in [5, 5.41) is 31.9. The molecule has 0 N–H and O–H groups in total. The van der Waals surface area contributed by atoms with Gasteiger partial charge in [0.05, 0.1) is 33.2 Å². The quantitative estimate of drug-likeness (QED) is 0.124. The van der Waals surface area contributed by atoms with Gasteiger partial charge in [-0.05, 0) is 36.4 Å². The fourth-order valence-corrected chi connectivity index (χ4v) is 4.40. The van der Waals surface area contributed by atoms with Gasteiger partial charge in [-0.2, -0.15) is 0 Å². The van der Waals surface area contributed by atoms with Crippen molar-refractivity contribution in [1.82, 2.24) is 9.80 Å². The van der Waals surface area contributed by atoms with Crippen molar-refractivity contribution in [2.75, 3.05) is 44.6 Å². The van der Waals surface area contributed by atoms with E-state index in [9.17, 15) is 44.7 Å². The van der Waals surface area contributed by atoms with E-state index in [4.69, 9.17) is 0 Å². The largest absolute Gasteiger partial charge is 0.293 e. The minimum atomic E-state index is -0.508. The second-order valence-electron chi connectivity index (χ2n) is 9.37. The Bertz CT molecular complexity index is 1410. The van der Waals surface area contributed by atoms with Gasteiger partial charge in [-0.3, -0.25) is 54.5 Å². The Hall–Kier alpha value is -4.73. The van der Waals surface area contributed by atoms with Gasteiger partial charge in [0.25, 0.3) is 17.1 Å². The maximum atomic E-state index is 12.4. The molecule has 3 aromatic carbocycles. The van der Waals surface area contributed by atoms with Gasteiger partial charge in [-0.25, -0.2) is 0 Å². The predicted octanol–water partition coefficient (Wildman–Crippen LogP) is 4.36. The van der Waals surface area contributed by atoms with E-state index in [1.54, 1.807) is 0 Å². The lowest BCUT2D eigenvalue weighted by Crippen LogP contribution is -2.49. The molecule has 1 heterocycles. The molecule has 0 saturated carbocycles. The number of hydrogen-bond donors (Lipinski definition) is 0. The number of halogens is 1. The molecule has 0 atom stereocenters. The normalized spacial score (nSPS) is 13.3. The molecule has 14 nitrogen and oxygen atoms in total. The Morgan fingerprint density at radius 3 is 1.02 bits per heavy atom. The number of rotatable bonds is 11. The van der Waals surface area contributed by atoms with E-state index in [0.29, 0.717) is 42.9 Å². The Kier molecular flexibility index (Phi) is 11.8. The Balaban J connectivity index is 0.000000326. The number of Topliss-reactive ketones (excluding diaryl/α,β-unsaturated/α-hetero) is 3. The number of nitro groups is 3. The van der Waals surface area contributed by atoms with Gasteiger partial charge < -0.3 is 0 Å². The highest BCUT2D eigenvalue weighted by molar-refractivity contribution is 9.09. The first kappa shape index (κ1) is 32.8. The maximum Gasteiger partial charge on any atom is 0.269 e. The molecule has 1 aliphatic heterocycles. The van der Waals surface area contributed by atoms with Crippen molar-refractivity contribution in [2.45, 2.75) is 0 Å². The second kappa shape index (κ2) is 15.5. The minimum Gasteiger partial charge on any atom is -0.293 e. The van der Waals surface area contributed by atoms with Crippen molar-refractivity contribution in [3.63, 3.8) is 0 Å². The van der Waals surface area contributed by atoms with Gasteiger partial charge in [0.15, 0.2) is 17.3 Å². The van der Waals surface area contributed by atoms with Crippen LogP contribution >= 0.6 is 15.9 Å². The van der Waals surface area contributed by atoms with Gasteiger partial charge in [0, 0.05) is 79.3 Å². The van der Waals surface area contributed by atoms with E-state index in [0.717, 1.165) is 0 Å². The lowest BCUT2D eigenvalue weighted by Gasteiger charge is -2.33. The van der Waals surface area contributed by atoms with Crippen LogP contribution in [0.4, 0.5) is 17.1 Å². The number of alkyl halides is 1. The number of ketones is 3. The average Bonchev–Trinajstić information content (AvgIpc) is 3.02. The number of hydrogen-bond acceptors (Lipinski definition) is 11. The monoisotopic (exact) mass is 655 g/mol. The Morgan fingerprint density at radius 1 is 0.535 bits per heavy atom. The van der Waals surface area contributed by atoms with E-state index >= 15 is 0 Å². The lowest BCUT2D eigenvalue weighted by molar-refractivity contribution is -0.385. The lowest BCUT2D eigenvalue weighted by atomic mass is 10.1. The van der Waals surface area contributed by atoms with Crippen molar-refractivity contribution in [3.05, 3.63) is 120 Å². The van der Waals surface area contributed by atoms with Crippen LogP contribution in [0.3, 0.4) is 0 Å². The van der Waals surface area contributed by atoms with Crippen molar-refractivity contribution >= 4 is 50.3 Å². The van der Waals surface area contributed by atoms with Gasteiger partial charge in [0.1, 0.15) is 0 Å². The number of nitrogens with zero attached hydrogens (tertiary/aromatic N) is 5. The minimum absolute atomic E-state index is 0.00822. The average molecular weight is 656 g/mol. The molecule has 3 aromatic rings. The maximum absolute atomic E-state index is 12.4. The number of carbonyl (C=O) groups excluding carboxylic acids is 3. The number of carbonyl (C=O) groups is 3. The van der Waals surface area contributed by atoms with Gasteiger partial charge >= 0.3 is 0 Å². The summed E-state index contributed by atoms with van der Waals surface area (Å²) in [6.45, 7) is 2.89. The molecule has 1 fully saturated rings. The molecule has 0 spiro atoms. The van der Waals surface area contributed by atoms with E-state index in [1.165, 1.54) is 72.8 Å². The van der Waals surface area contributed by atoms with Crippen LogP contribution < -0.4 is 0 Å². The zero-order valence-corrected chi connectivity index (χ0v) is 24.3. The summed E-state index contributed by atoms with van der Waals surface area (Å²) >= 11 is 3.02. The first-order chi connectivity index (χ1) is 20.5. The van der Waals surface area contributed by atoms with Crippen LogP contribution in [0, 0.1) is 30.3 Å². The van der Waals surface area contributed by atoms with E-state index in [2.05, 4.69) is 15.9 Å². The van der Waals surface area contributed by atoms with Gasteiger partial charge in [0.2, 0.25) is 0 Å². The molecule has 43 heavy (non-hydrogen) atoms. The van der Waals surface area contributed by atoms with Crippen LogP contribution in [0.25, 0.3) is 0 Å². The summed E-state index contributed by atoms with van der Waals surface area (Å²) < 4.78 is 0. The SMILES string of the molecule is O=C(CBr)c1ccc([N+](=O)[O-])cc1.O=C(CN1CCN(CC(=O)c2ccc([N+](=O)[O-])cc2)CC1)c1ccc([N+](=O)[O-])cc1. The molecule has 224 valence electrons. The first-order valence-corrected chi connectivity index (χ1v) is 13.9. The molecule has 4 rings (SSSR count). The Morgan fingerprint density at radius 2 is 0.791 bits per heavy atom. The fraction of sp³-hybridized carbons (Fsp3) is 0.250. The fourth-order valence-electron chi connectivity index (χ4n) is 4.08. The molecule has 1 saturated heterocycles. The third-order valence-electron chi connectivity index (χ3n) is 6.52. The highest BCUT2D eigenvalue weighted by Crippen LogP contribution is 2.15. The number of benzene rings is 3. The number of nitro benzene ring substituents is 3. The highest BCUT2D eigenvalue weighted by Gasteiger charge is 2.22. The van der Waals surface area contributed by atoms with Crippen molar-refractivity contribution in [2.24, 2.45) is 0 Å². The summed E-state index contributed by atoms with van der Waals surface area (Å²) in [6.07, 6.45) is 0. The summed E-state index contributed by atoms with van der Waals surface area (Å²) in [5.74, 6) is -0.310. The molecule has 0 unspecified atom stereocenters. The Labute approximate surface area is 253 Å². The highest BCUT2D eigenvalue weighted by atomic mass is 79.9. The van der Waals surface area contributed by atoms with Crippen LogP contribution in [-0.4, -0.2) is 86.5 Å². The summed E-state index contributed by atoms with van der Waals surface area (Å²) in [5.41, 5.74) is 1.21. The third-order valence-corrected chi connectivity index (χ3v) is 7.03. The molecule has 0 radical (unpaired) electrons. The zero-order valence-electron chi connectivity index (χ0n) is 22.7. The number of non-ortho nitro benzene ring substituents is 3. The molecule has 0 amide bonds. The van der Waals surface area contributed by atoms with Gasteiger partial charge in [-0.1, -0.05) is 15.9 Å². The second-order valence-corrected chi connectivity index (χ2v) is 9.93. The molecular weight excluding hydrogens is 630 g/mol. The topological polar surface area (TPSA) is 187 Å². The summed E-state index contributed by atoms with van der Waals surface area (Å²) in [4.78, 5) is 70.0. The van der Waals surface area contributed by atoms with E-state index in [-0.39, 0.29) is 52.8 Å². The van der Waals surface area contributed by atoms with Crippen LogP contribution in [-0.2, 0) is 0 Å². The molecule has 15 heteroatoms. The molecule has 0 aliphatic carbocycles. The molecular formula is C28H26BrN5O9. The van der Waals surface area contributed by atoms with Crippen LogP contribution in [0.2, 0.25) is 0 Å². The standard InChI is InChI=1S/C20H20N4O6.C8H6BrNO3/c25-19(15-1-5-17(6-2-15)23(27)28)13-21-9-11-22(12-10-21)14-20(26)16-3-7-18(8-4-16)24(29)30;9-5-8(11)6-1-3-7(4-2-6)10(12)13/h1-8H,9-14H2;1-4H,5H2. The third kappa shape index (κ3) is 9.66.